The van der Waals surface area contributed by atoms with E-state index in [0.717, 1.165) is 29.5 Å². The van der Waals surface area contributed by atoms with Gasteiger partial charge < -0.3 is 11.5 Å². The molecule has 1 fully saturated rings. The van der Waals surface area contributed by atoms with Gasteiger partial charge in [-0.05, 0) is 53.0 Å². The molecule has 1 aliphatic carbocycles. The summed E-state index contributed by atoms with van der Waals surface area (Å²) < 4.78 is 41.3. The highest BCUT2D eigenvalue weighted by molar-refractivity contribution is 5.90. The minimum Gasteiger partial charge on any atom is -0.369 e. The van der Waals surface area contributed by atoms with Crippen LogP contribution in [-0.2, 0) is 21.4 Å². The Kier molecular flexibility index (Phi) is 6.64. The van der Waals surface area contributed by atoms with Crippen LogP contribution in [0.15, 0.2) is 42.5 Å². The van der Waals surface area contributed by atoms with E-state index >= 15 is 0 Å². The van der Waals surface area contributed by atoms with Gasteiger partial charge in [0.05, 0.1) is 12.0 Å². The Morgan fingerprint density at radius 3 is 2.09 bits per heavy atom. The van der Waals surface area contributed by atoms with Crippen LogP contribution in [0, 0.1) is 5.92 Å². The highest BCUT2D eigenvalue weighted by Crippen LogP contribution is 2.48. The fourth-order valence-corrected chi connectivity index (χ4v) is 4.07. The first-order chi connectivity index (χ1) is 14.9. The summed E-state index contributed by atoms with van der Waals surface area (Å²) in [5.41, 5.74) is 13.1. The molecule has 3 rings (SSSR count). The van der Waals surface area contributed by atoms with E-state index in [0.29, 0.717) is 12.0 Å². The SMILES string of the molecule is CC(C)Cc1cc(-c2ccc(C3(C(N)=O)CC3)cc2)ccc1[C@H](NCC(N)=O)C(F)(F)F. The summed E-state index contributed by atoms with van der Waals surface area (Å²) in [6.45, 7) is 3.29. The normalized spacial score (nSPS) is 16.1. The van der Waals surface area contributed by atoms with Gasteiger partial charge in [-0.1, -0.05) is 56.3 Å². The quantitative estimate of drug-likeness (QED) is 0.546. The Hall–Kier alpha value is -2.87. The van der Waals surface area contributed by atoms with Crippen molar-refractivity contribution in [3.63, 3.8) is 0 Å². The van der Waals surface area contributed by atoms with Crippen molar-refractivity contribution in [3.8, 4) is 11.1 Å². The number of carbonyl (C=O) groups excluding carboxylic acids is 2. The molecule has 0 aromatic heterocycles. The van der Waals surface area contributed by atoms with Gasteiger partial charge in [0.25, 0.3) is 0 Å². The van der Waals surface area contributed by atoms with E-state index < -0.39 is 30.1 Å². The molecular formula is C24H28F3N3O2. The summed E-state index contributed by atoms with van der Waals surface area (Å²) in [6, 6.07) is 10.3. The van der Waals surface area contributed by atoms with Gasteiger partial charge >= 0.3 is 6.18 Å². The van der Waals surface area contributed by atoms with Gasteiger partial charge in [-0.3, -0.25) is 14.9 Å². The molecule has 2 aromatic carbocycles. The second-order valence-electron chi connectivity index (χ2n) is 8.86. The minimum absolute atomic E-state index is 0.0819. The van der Waals surface area contributed by atoms with Crippen LogP contribution in [0.1, 0.15) is 49.4 Å². The zero-order valence-corrected chi connectivity index (χ0v) is 18.1. The van der Waals surface area contributed by atoms with Crippen LogP contribution in [0.3, 0.4) is 0 Å². The van der Waals surface area contributed by atoms with Crippen molar-refractivity contribution in [1.82, 2.24) is 5.32 Å². The zero-order chi connectivity index (χ0) is 23.7. The van der Waals surface area contributed by atoms with Gasteiger partial charge in [0.15, 0.2) is 0 Å². The maximum Gasteiger partial charge on any atom is 0.407 e. The van der Waals surface area contributed by atoms with Crippen LogP contribution in [0.5, 0.6) is 0 Å². The van der Waals surface area contributed by atoms with Crippen LogP contribution in [-0.4, -0.2) is 24.5 Å². The predicted octanol–water partition coefficient (Wildman–Crippen LogP) is 3.75. The van der Waals surface area contributed by atoms with Crippen molar-refractivity contribution in [2.75, 3.05) is 6.54 Å². The number of primary amides is 2. The third-order valence-corrected chi connectivity index (χ3v) is 5.88. The average Bonchev–Trinajstić information content (AvgIpc) is 3.50. The number of hydrogen-bond donors (Lipinski definition) is 3. The van der Waals surface area contributed by atoms with Crippen LogP contribution in [0.4, 0.5) is 13.2 Å². The Morgan fingerprint density at radius 2 is 1.62 bits per heavy atom. The molecule has 0 aliphatic heterocycles. The number of nitrogens with one attached hydrogen (secondary N) is 1. The highest BCUT2D eigenvalue weighted by atomic mass is 19.4. The van der Waals surface area contributed by atoms with Crippen molar-refractivity contribution in [3.05, 3.63) is 59.2 Å². The first kappa shape index (κ1) is 23.8. The molecule has 0 bridgehead atoms. The molecule has 1 atom stereocenters. The monoisotopic (exact) mass is 447 g/mol. The molecular weight excluding hydrogens is 419 g/mol. The van der Waals surface area contributed by atoms with E-state index in [9.17, 15) is 22.8 Å². The molecule has 0 heterocycles. The highest BCUT2D eigenvalue weighted by Gasteiger charge is 2.49. The van der Waals surface area contributed by atoms with Crippen molar-refractivity contribution >= 4 is 11.8 Å². The first-order valence-electron chi connectivity index (χ1n) is 10.6. The summed E-state index contributed by atoms with van der Waals surface area (Å²) >= 11 is 0. The topological polar surface area (TPSA) is 98.2 Å². The number of halogens is 3. The maximum absolute atomic E-state index is 13.8. The Bertz CT molecular complexity index is 997. The molecule has 2 amide bonds. The molecule has 1 saturated carbocycles. The van der Waals surface area contributed by atoms with Crippen molar-refractivity contribution in [2.45, 2.75) is 50.7 Å². The van der Waals surface area contributed by atoms with Gasteiger partial charge in [0.1, 0.15) is 6.04 Å². The zero-order valence-electron chi connectivity index (χ0n) is 18.1. The van der Waals surface area contributed by atoms with E-state index in [1.807, 2.05) is 38.1 Å². The third-order valence-electron chi connectivity index (χ3n) is 5.88. The average molecular weight is 448 g/mol. The van der Waals surface area contributed by atoms with Crippen LogP contribution < -0.4 is 16.8 Å². The molecule has 5 N–H and O–H groups in total. The number of alkyl halides is 3. The molecule has 0 spiro atoms. The Morgan fingerprint density at radius 1 is 1.03 bits per heavy atom. The number of benzene rings is 2. The lowest BCUT2D eigenvalue weighted by atomic mass is 9.89. The molecule has 0 radical (unpaired) electrons. The smallest absolute Gasteiger partial charge is 0.369 e. The Balaban J connectivity index is 1.97. The second kappa shape index (κ2) is 8.94. The van der Waals surface area contributed by atoms with E-state index in [1.165, 1.54) is 6.07 Å². The van der Waals surface area contributed by atoms with E-state index in [2.05, 4.69) is 5.32 Å². The lowest BCUT2D eigenvalue weighted by Gasteiger charge is -2.25. The summed E-state index contributed by atoms with van der Waals surface area (Å²) in [5, 5.41) is 2.25. The van der Waals surface area contributed by atoms with Gasteiger partial charge in [-0.25, -0.2) is 0 Å². The molecule has 32 heavy (non-hydrogen) atoms. The second-order valence-corrected chi connectivity index (χ2v) is 8.86. The van der Waals surface area contributed by atoms with Crippen molar-refractivity contribution in [1.29, 1.82) is 0 Å². The first-order valence-corrected chi connectivity index (χ1v) is 10.6. The fourth-order valence-electron chi connectivity index (χ4n) is 4.07. The maximum atomic E-state index is 13.8. The number of amides is 2. The molecule has 5 nitrogen and oxygen atoms in total. The minimum atomic E-state index is -4.59. The van der Waals surface area contributed by atoms with E-state index in [4.69, 9.17) is 11.5 Å². The van der Waals surface area contributed by atoms with E-state index in [-0.39, 0.29) is 17.4 Å². The van der Waals surface area contributed by atoms with Gasteiger partial charge in [0, 0.05) is 0 Å². The molecule has 0 saturated heterocycles. The van der Waals surface area contributed by atoms with E-state index in [1.54, 1.807) is 12.1 Å². The molecule has 0 unspecified atom stereocenters. The lowest BCUT2D eigenvalue weighted by molar-refractivity contribution is -0.158. The fraction of sp³-hybridized carbons (Fsp3) is 0.417. The number of nitrogens with two attached hydrogens (primary N) is 2. The largest absolute Gasteiger partial charge is 0.407 e. The standard InChI is InChI=1S/C24H28F3N3O2/c1-14(2)11-17-12-16(5-8-19(17)21(24(25,26)27)30-13-20(28)31)15-3-6-18(7-4-15)23(9-10-23)22(29)32/h3-8,12,14,21,30H,9-11,13H2,1-2H3,(H2,28,31)(H2,29,32)/t21-/m0/s1. The van der Waals surface area contributed by atoms with Crippen LogP contribution >= 0.6 is 0 Å². The summed E-state index contributed by atoms with van der Waals surface area (Å²) in [5.74, 6) is -1.07. The lowest BCUT2D eigenvalue weighted by Crippen LogP contribution is -2.39. The van der Waals surface area contributed by atoms with Gasteiger partial charge in [-0.15, -0.1) is 0 Å². The van der Waals surface area contributed by atoms with Gasteiger partial charge in [0.2, 0.25) is 11.8 Å². The molecule has 1 aliphatic rings. The summed E-state index contributed by atoms with van der Waals surface area (Å²) in [6.07, 6.45) is -2.69. The summed E-state index contributed by atoms with van der Waals surface area (Å²) in [7, 11) is 0. The van der Waals surface area contributed by atoms with Crippen LogP contribution in [0.25, 0.3) is 11.1 Å². The number of carbonyl (C=O) groups is 2. The molecule has 2 aromatic rings. The summed E-state index contributed by atoms with van der Waals surface area (Å²) in [4.78, 5) is 22.8. The van der Waals surface area contributed by atoms with Gasteiger partial charge in [-0.2, -0.15) is 13.2 Å². The van der Waals surface area contributed by atoms with Crippen LogP contribution in [0.2, 0.25) is 0 Å². The van der Waals surface area contributed by atoms with Crippen molar-refractivity contribution < 1.29 is 22.8 Å². The predicted molar refractivity (Wildman–Crippen MR) is 117 cm³/mol. The number of rotatable bonds is 9. The third kappa shape index (κ3) is 5.12. The molecule has 172 valence electrons. The van der Waals surface area contributed by atoms with Crippen molar-refractivity contribution in [2.24, 2.45) is 17.4 Å². The Labute approximate surface area is 185 Å². The molecule has 8 heteroatoms. The number of hydrogen-bond acceptors (Lipinski definition) is 3.